The Balaban J connectivity index is 1.77. The van der Waals surface area contributed by atoms with Crippen molar-refractivity contribution in [3.8, 4) is 5.88 Å². The van der Waals surface area contributed by atoms with Gasteiger partial charge in [0.25, 0.3) is 0 Å². The summed E-state index contributed by atoms with van der Waals surface area (Å²) >= 11 is 0. The summed E-state index contributed by atoms with van der Waals surface area (Å²) in [5, 5.41) is 7.09. The molecule has 100 valence electrons. The van der Waals surface area contributed by atoms with Gasteiger partial charge < -0.3 is 9.64 Å². The molecule has 3 rings (SSSR count). The van der Waals surface area contributed by atoms with Gasteiger partial charge >= 0.3 is 0 Å². The van der Waals surface area contributed by atoms with Crippen molar-refractivity contribution >= 4 is 5.95 Å². The van der Waals surface area contributed by atoms with E-state index in [0.29, 0.717) is 11.8 Å². The van der Waals surface area contributed by atoms with Crippen molar-refractivity contribution in [3.63, 3.8) is 0 Å². The summed E-state index contributed by atoms with van der Waals surface area (Å²) in [7, 11) is 1.62. The summed E-state index contributed by atoms with van der Waals surface area (Å²) in [6.45, 7) is 1.90. The number of nitrogens with one attached hydrogen (secondary N) is 1. The quantitative estimate of drug-likeness (QED) is 0.906. The van der Waals surface area contributed by atoms with Gasteiger partial charge in [0.1, 0.15) is 0 Å². The number of anilines is 1. The van der Waals surface area contributed by atoms with Crippen molar-refractivity contribution in [1.82, 2.24) is 20.2 Å². The zero-order valence-corrected chi connectivity index (χ0v) is 10.9. The normalized spacial score (nSPS) is 19.4. The Bertz CT molecular complexity index is 528. The molecule has 1 N–H and O–H groups in total. The second kappa shape index (κ2) is 5.26. The van der Waals surface area contributed by atoms with Crippen LogP contribution in [-0.2, 0) is 0 Å². The lowest BCUT2D eigenvalue weighted by atomic mass is 9.95. The van der Waals surface area contributed by atoms with Crippen molar-refractivity contribution in [3.05, 3.63) is 30.2 Å². The summed E-state index contributed by atoms with van der Waals surface area (Å²) in [5.74, 6) is 1.81. The molecule has 1 aliphatic rings. The van der Waals surface area contributed by atoms with E-state index in [1.165, 1.54) is 12.1 Å². The van der Waals surface area contributed by atoms with Crippen molar-refractivity contribution in [2.75, 3.05) is 25.1 Å². The van der Waals surface area contributed by atoms with E-state index in [1.54, 1.807) is 25.6 Å². The van der Waals surface area contributed by atoms with Gasteiger partial charge in [0.15, 0.2) is 0 Å². The number of ether oxygens (including phenoxy) is 1. The minimum absolute atomic E-state index is 0.464. The van der Waals surface area contributed by atoms with E-state index >= 15 is 0 Å². The molecule has 1 aliphatic heterocycles. The van der Waals surface area contributed by atoms with Crippen molar-refractivity contribution in [1.29, 1.82) is 0 Å². The third-order valence-electron chi connectivity index (χ3n) is 3.49. The van der Waals surface area contributed by atoms with Crippen LogP contribution in [0.25, 0.3) is 0 Å². The van der Waals surface area contributed by atoms with Gasteiger partial charge in [-0.25, -0.2) is 4.98 Å². The van der Waals surface area contributed by atoms with E-state index in [2.05, 4.69) is 25.1 Å². The second-order valence-electron chi connectivity index (χ2n) is 4.70. The fourth-order valence-corrected chi connectivity index (χ4v) is 2.51. The Morgan fingerprint density at radius 3 is 3.11 bits per heavy atom. The van der Waals surface area contributed by atoms with Crippen LogP contribution >= 0.6 is 0 Å². The Morgan fingerprint density at radius 2 is 2.32 bits per heavy atom. The number of hydrogen-bond donors (Lipinski definition) is 1. The van der Waals surface area contributed by atoms with Crippen molar-refractivity contribution in [2.45, 2.75) is 18.8 Å². The van der Waals surface area contributed by atoms with Crippen LogP contribution in [0.15, 0.2) is 24.5 Å². The SMILES string of the molecule is COc1ccnc(N2CCCC(c3ccn[nH]3)C2)n1. The van der Waals surface area contributed by atoms with Crippen LogP contribution in [0.5, 0.6) is 5.88 Å². The van der Waals surface area contributed by atoms with Crippen LogP contribution in [0.2, 0.25) is 0 Å². The summed E-state index contributed by atoms with van der Waals surface area (Å²) in [5.41, 5.74) is 1.19. The first-order valence-electron chi connectivity index (χ1n) is 6.48. The second-order valence-corrected chi connectivity index (χ2v) is 4.70. The highest BCUT2D eigenvalue weighted by molar-refractivity contribution is 5.34. The lowest BCUT2D eigenvalue weighted by Crippen LogP contribution is -2.35. The first kappa shape index (κ1) is 12.0. The van der Waals surface area contributed by atoms with Crippen LogP contribution in [0.1, 0.15) is 24.5 Å². The summed E-state index contributed by atoms with van der Waals surface area (Å²) in [4.78, 5) is 10.9. The fourth-order valence-electron chi connectivity index (χ4n) is 2.51. The Hall–Kier alpha value is -2.11. The first-order chi connectivity index (χ1) is 9.36. The molecule has 0 spiro atoms. The fraction of sp³-hybridized carbons (Fsp3) is 0.462. The van der Waals surface area contributed by atoms with Crippen LogP contribution in [0.3, 0.4) is 0 Å². The number of aromatic nitrogens is 4. The Morgan fingerprint density at radius 1 is 1.37 bits per heavy atom. The maximum absolute atomic E-state index is 5.15. The summed E-state index contributed by atoms with van der Waals surface area (Å²) in [6, 6.07) is 3.81. The maximum atomic E-state index is 5.15. The van der Waals surface area contributed by atoms with Crippen LogP contribution in [0, 0.1) is 0 Å². The van der Waals surface area contributed by atoms with E-state index in [-0.39, 0.29) is 0 Å². The van der Waals surface area contributed by atoms with Crippen LogP contribution in [0.4, 0.5) is 5.95 Å². The van der Waals surface area contributed by atoms with Gasteiger partial charge in [-0.15, -0.1) is 0 Å². The predicted octanol–water partition coefficient (Wildman–Crippen LogP) is 1.59. The molecule has 0 amide bonds. The van der Waals surface area contributed by atoms with E-state index in [9.17, 15) is 0 Å². The molecule has 0 bridgehead atoms. The number of hydrogen-bond acceptors (Lipinski definition) is 5. The molecular formula is C13H17N5O. The molecule has 3 heterocycles. The minimum Gasteiger partial charge on any atom is -0.481 e. The number of methoxy groups -OCH3 is 1. The molecular weight excluding hydrogens is 242 g/mol. The molecule has 6 heteroatoms. The van der Waals surface area contributed by atoms with Gasteiger partial charge in [-0.2, -0.15) is 10.1 Å². The summed E-state index contributed by atoms with van der Waals surface area (Å²) < 4.78 is 5.15. The highest BCUT2D eigenvalue weighted by Gasteiger charge is 2.24. The third kappa shape index (κ3) is 2.52. The first-order valence-corrected chi connectivity index (χ1v) is 6.48. The zero-order valence-electron chi connectivity index (χ0n) is 10.9. The third-order valence-corrected chi connectivity index (χ3v) is 3.49. The average molecular weight is 259 g/mol. The van der Waals surface area contributed by atoms with Gasteiger partial charge in [-0.05, 0) is 18.9 Å². The van der Waals surface area contributed by atoms with E-state index in [4.69, 9.17) is 4.74 Å². The number of rotatable bonds is 3. The number of piperidine rings is 1. The topological polar surface area (TPSA) is 66.9 Å². The maximum Gasteiger partial charge on any atom is 0.228 e. The zero-order chi connectivity index (χ0) is 13.1. The molecule has 0 saturated carbocycles. The van der Waals surface area contributed by atoms with E-state index < -0.39 is 0 Å². The number of aromatic amines is 1. The lowest BCUT2D eigenvalue weighted by molar-refractivity contribution is 0.395. The van der Waals surface area contributed by atoms with Crippen molar-refractivity contribution < 1.29 is 4.74 Å². The molecule has 19 heavy (non-hydrogen) atoms. The smallest absolute Gasteiger partial charge is 0.228 e. The van der Waals surface area contributed by atoms with Gasteiger partial charge in [-0.3, -0.25) is 5.10 Å². The molecule has 0 aliphatic carbocycles. The molecule has 1 fully saturated rings. The molecule has 2 aromatic rings. The molecule has 6 nitrogen and oxygen atoms in total. The predicted molar refractivity (Wildman–Crippen MR) is 71.4 cm³/mol. The minimum atomic E-state index is 0.464. The molecule has 1 unspecified atom stereocenters. The summed E-state index contributed by atoms with van der Waals surface area (Å²) in [6.07, 6.45) is 5.84. The van der Waals surface area contributed by atoms with Gasteiger partial charge in [0.2, 0.25) is 11.8 Å². The van der Waals surface area contributed by atoms with Gasteiger partial charge in [0, 0.05) is 43.2 Å². The van der Waals surface area contributed by atoms with Gasteiger partial charge in [0.05, 0.1) is 7.11 Å². The Kier molecular flexibility index (Phi) is 3.31. The van der Waals surface area contributed by atoms with Gasteiger partial charge in [-0.1, -0.05) is 0 Å². The highest BCUT2D eigenvalue weighted by atomic mass is 16.5. The van der Waals surface area contributed by atoms with Crippen LogP contribution < -0.4 is 9.64 Å². The molecule has 0 aromatic carbocycles. The number of H-pyrrole nitrogens is 1. The molecule has 1 atom stereocenters. The standard InChI is InChI=1S/C13H17N5O/c1-19-12-5-6-14-13(16-12)18-8-2-3-10(9-18)11-4-7-15-17-11/h4-7,10H,2-3,8-9H2,1H3,(H,15,17). The largest absolute Gasteiger partial charge is 0.481 e. The monoisotopic (exact) mass is 259 g/mol. The highest BCUT2D eigenvalue weighted by Crippen LogP contribution is 2.27. The average Bonchev–Trinajstić information content (AvgIpc) is 3.02. The van der Waals surface area contributed by atoms with Crippen molar-refractivity contribution in [2.24, 2.45) is 0 Å². The lowest BCUT2D eigenvalue weighted by Gasteiger charge is -2.32. The van der Waals surface area contributed by atoms with Crippen LogP contribution in [-0.4, -0.2) is 40.4 Å². The Labute approximate surface area is 111 Å². The van der Waals surface area contributed by atoms with E-state index in [0.717, 1.165) is 25.5 Å². The molecule has 1 saturated heterocycles. The van der Waals surface area contributed by atoms with E-state index in [1.807, 2.05) is 6.07 Å². The molecule has 0 radical (unpaired) electrons. The molecule has 2 aromatic heterocycles. The number of nitrogens with zero attached hydrogens (tertiary/aromatic N) is 4.